The Hall–Kier alpha value is -1.02. The molecule has 0 atom stereocenters. The molecule has 1 aliphatic rings. The van der Waals surface area contributed by atoms with Crippen LogP contribution in [0.2, 0.25) is 0 Å². The van der Waals surface area contributed by atoms with E-state index in [-0.39, 0.29) is 0 Å². The average molecular weight is 333 g/mol. The second-order valence-corrected chi connectivity index (χ2v) is 8.14. The molecule has 24 heavy (non-hydrogen) atoms. The normalized spacial score (nSPS) is 15.7. The summed E-state index contributed by atoms with van der Waals surface area (Å²) in [6.45, 7) is 12.8. The van der Waals surface area contributed by atoms with Crippen LogP contribution in [0.15, 0.2) is 24.3 Å². The summed E-state index contributed by atoms with van der Waals surface area (Å²) in [7, 11) is 0. The zero-order chi connectivity index (χ0) is 17.3. The Morgan fingerprint density at radius 1 is 0.917 bits per heavy atom. The van der Waals surface area contributed by atoms with Gasteiger partial charge in [-0.05, 0) is 43.0 Å². The molecule has 1 aromatic rings. The fourth-order valence-electron chi connectivity index (χ4n) is 3.35. The summed E-state index contributed by atoms with van der Waals surface area (Å²) in [6.07, 6.45) is 9.89. The van der Waals surface area contributed by atoms with Gasteiger partial charge in [0, 0.05) is 5.56 Å². The van der Waals surface area contributed by atoms with Gasteiger partial charge < -0.3 is 9.22 Å². The summed E-state index contributed by atoms with van der Waals surface area (Å²) in [6, 6.07) is 8.81. The molecule has 1 saturated heterocycles. The van der Waals surface area contributed by atoms with Crippen LogP contribution in [0.1, 0.15) is 71.3 Å². The van der Waals surface area contributed by atoms with Crippen molar-refractivity contribution in [1.82, 2.24) is 0 Å². The minimum absolute atomic E-state index is 0.582. The van der Waals surface area contributed by atoms with Gasteiger partial charge in [0.05, 0.1) is 13.2 Å². The second kappa shape index (κ2) is 10.1. The predicted octanol–water partition coefficient (Wildman–Crippen LogP) is 5.80. The van der Waals surface area contributed by atoms with E-state index in [4.69, 9.17) is 4.74 Å². The van der Waals surface area contributed by atoms with Crippen molar-refractivity contribution >= 4 is 0 Å². The number of hydrogen-bond donors (Lipinski definition) is 0. The van der Waals surface area contributed by atoms with Crippen LogP contribution in [0.5, 0.6) is 5.75 Å². The zero-order valence-electron chi connectivity index (χ0n) is 16.2. The molecule has 0 bridgehead atoms. The van der Waals surface area contributed by atoms with E-state index in [0.29, 0.717) is 5.92 Å². The molecule has 0 amide bonds. The van der Waals surface area contributed by atoms with E-state index in [9.17, 15) is 0 Å². The van der Waals surface area contributed by atoms with Crippen molar-refractivity contribution in [2.24, 2.45) is 5.92 Å². The molecule has 1 heterocycles. The van der Waals surface area contributed by atoms with E-state index < -0.39 is 0 Å². The largest absolute Gasteiger partial charge is 0.493 e. The second-order valence-electron chi connectivity index (χ2n) is 8.14. The molecule has 0 unspecified atom stereocenters. The molecule has 0 N–H and O–H groups in total. The number of rotatable bonds is 13. The Morgan fingerprint density at radius 2 is 1.54 bits per heavy atom. The van der Waals surface area contributed by atoms with Crippen LogP contribution >= 0.6 is 0 Å². The third-order valence-electron chi connectivity index (χ3n) is 5.12. The highest BCUT2D eigenvalue weighted by molar-refractivity contribution is 5.27. The summed E-state index contributed by atoms with van der Waals surface area (Å²) < 4.78 is 7.10. The molecule has 0 radical (unpaired) electrons. The minimum Gasteiger partial charge on any atom is -0.493 e. The van der Waals surface area contributed by atoms with Crippen LogP contribution in [0.25, 0.3) is 0 Å². The van der Waals surface area contributed by atoms with Crippen LogP contribution in [-0.2, 0) is 6.54 Å². The fourth-order valence-corrected chi connectivity index (χ4v) is 3.35. The molecule has 2 heteroatoms. The first-order valence-corrected chi connectivity index (χ1v) is 10.2. The Balaban J connectivity index is 1.65. The summed E-state index contributed by atoms with van der Waals surface area (Å²) in [5, 5.41) is 0. The first kappa shape index (κ1) is 19.3. The lowest BCUT2D eigenvalue weighted by atomic mass is 10.1. The van der Waals surface area contributed by atoms with E-state index >= 15 is 0 Å². The lowest BCUT2D eigenvalue weighted by Gasteiger charge is -2.19. The number of ether oxygens (including phenoxy) is 1. The van der Waals surface area contributed by atoms with Crippen LogP contribution < -0.4 is 4.74 Å². The van der Waals surface area contributed by atoms with Gasteiger partial charge >= 0.3 is 0 Å². The van der Waals surface area contributed by atoms with E-state index in [0.717, 1.165) is 12.4 Å². The highest BCUT2D eigenvalue weighted by Crippen LogP contribution is 2.27. The molecule has 2 rings (SSSR count). The number of benzene rings is 1. The fraction of sp³-hybridized carbons (Fsp3) is 0.727. The Bertz CT molecular complexity index is 448. The van der Waals surface area contributed by atoms with Gasteiger partial charge in [0.1, 0.15) is 25.4 Å². The quantitative estimate of drug-likeness (QED) is 0.252. The maximum atomic E-state index is 5.78. The summed E-state index contributed by atoms with van der Waals surface area (Å²) in [5.41, 5.74) is 1.47. The summed E-state index contributed by atoms with van der Waals surface area (Å²) in [5.74, 6) is 1.59. The SMILES string of the molecule is CCCCCCCCC[N+]1(Cc2ccc(OCC(C)C)cc2)CC1. The van der Waals surface area contributed by atoms with E-state index in [2.05, 4.69) is 45.0 Å². The van der Waals surface area contributed by atoms with Gasteiger partial charge in [-0.3, -0.25) is 0 Å². The Labute approximate surface area is 149 Å². The summed E-state index contributed by atoms with van der Waals surface area (Å²) >= 11 is 0. The first-order chi connectivity index (χ1) is 11.6. The molecular formula is C22H38NO+. The van der Waals surface area contributed by atoms with Gasteiger partial charge in [-0.1, -0.05) is 52.9 Å². The molecule has 1 aliphatic heterocycles. The molecule has 1 aromatic carbocycles. The molecule has 0 spiro atoms. The van der Waals surface area contributed by atoms with E-state index in [1.165, 1.54) is 81.2 Å². The van der Waals surface area contributed by atoms with Crippen molar-refractivity contribution in [2.45, 2.75) is 72.3 Å². The highest BCUT2D eigenvalue weighted by atomic mass is 16.5. The topological polar surface area (TPSA) is 9.23 Å². The molecule has 0 aliphatic carbocycles. The standard InChI is InChI=1S/C22H38NO/c1-4-5-6-7-8-9-10-15-23(16-17-23)18-21-11-13-22(14-12-21)24-19-20(2)3/h11-14,20H,4-10,15-19H2,1-3H3/q+1. The van der Waals surface area contributed by atoms with Crippen LogP contribution in [-0.4, -0.2) is 30.7 Å². The van der Waals surface area contributed by atoms with Crippen molar-refractivity contribution in [3.8, 4) is 5.75 Å². The van der Waals surface area contributed by atoms with Gasteiger partial charge in [-0.2, -0.15) is 0 Å². The maximum absolute atomic E-state index is 5.78. The molecule has 1 fully saturated rings. The third-order valence-corrected chi connectivity index (χ3v) is 5.12. The zero-order valence-corrected chi connectivity index (χ0v) is 16.2. The lowest BCUT2D eigenvalue weighted by molar-refractivity contribution is -0.814. The van der Waals surface area contributed by atoms with Crippen molar-refractivity contribution in [1.29, 1.82) is 0 Å². The van der Waals surface area contributed by atoms with E-state index in [1.54, 1.807) is 0 Å². The Kier molecular flexibility index (Phi) is 8.11. The number of nitrogens with zero attached hydrogens (tertiary/aromatic N) is 1. The highest BCUT2D eigenvalue weighted by Gasteiger charge is 2.41. The van der Waals surface area contributed by atoms with Crippen molar-refractivity contribution in [2.75, 3.05) is 26.2 Å². The lowest BCUT2D eigenvalue weighted by Crippen LogP contribution is -2.26. The smallest absolute Gasteiger partial charge is 0.129 e. The molecule has 136 valence electrons. The van der Waals surface area contributed by atoms with Crippen molar-refractivity contribution < 1.29 is 9.22 Å². The van der Waals surface area contributed by atoms with Crippen LogP contribution in [0, 0.1) is 5.92 Å². The molecule has 0 aromatic heterocycles. The maximum Gasteiger partial charge on any atom is 0.129 e. The monoisotopic (exact) mass is 332 g/mol. The van der Waals surface area contributed by atoms with Gasteiger partial charge in [0.15, 0.2) is 0 Å². The number of quaternary nitrogens is 1. The third kappa shape index (κ3) is 7.25. The molecule has 2 nitrogen and oxygen atoms in total. The van der Waals surface area contributed by atoms with Gasteiger partial charge in [0.25, 0.3) is 0 Å². The summed E-state index contributed by atoms with van der Waals surface area (Å²) in [4.78, 5) is 0. The molecular weight excluding hydrogens is 294 g/mol. The Morgan fingerprint density at radius 3 is 2.12 bits per heavy atom. The van der Waals surface area contributed by atoms with Crippen molar-refractivity contribution in [3.63, 3.8) is 0 Å². The van der Waals surface area contributed by atoms with E-state index in [1.807, 2.05) is 0 Å². The average Bonchev–Trinajstić information content (AvgIpc) is 3.33. The van der Waals surface area contributed by atoms with Gasteiger partial charge in [-0.15, -0.1) is 0 Å². The number of hydrogen-bond acceptors (Lipinski definition) is 1. The number of unbranched alkanes of at least 4 members (excludes halogenated alkanes) is 6. The van der Waals surface area contributed by atoms with Crippen LogP contribution in [0.3, 0.4) is 0 Å². The van der Waals surface area contributed by atoms with Gasteiger partial charge in [-0.25, -0.2) is 0 Å². The molecule has 0 saturated carbocycles. The first-order valence-electron chi connectivity index (χ1n) is 10.2. The van der Waals surface area contributed by atoms with Crippen LogP contribution in [0.4, 0.5) is 0 Å². The van der Waals surface area contributed by atoms with Gasteiger partial charge in [0.2, 0.25) is 0 Å². The minimum atomic E-state index is 0.582. The predicted molar refractivity (Wildman–Crippen MR) is 103 cm³/mol. The van der Waals surface area contributed by atoms with Crippen molar-refractivity contribution in [3.05, 3.63) is 29.8 Å².